The SMILES string of the molecule is CCC(C)COC(=O)OC(C)CC(c1ccc(OC(=O)CC(C)C)c(OC(=O)CC(C)C)c1)[C@H](N)C(=O)O. The molecule has 10 nitrogen and oxygen atoms in total. The lowest BCUT2D eigenvalue weighted by Crippen LogP contribution is -2.38. The van der Waals surface area contributed by atoms with E-state index in [0.29, 0.717) is 5.56 Å². The molecular formula is C28H43NO9. The third kappa shape index (κ3) is 11.9. The van der Waals surface area contributed by atoms with Gasteiger partial charge in [-0.2, -0.15) is 0 Å². The molecule has 1 aromatic carbocycles. The molecule has 10 heteroatoms. The second-order valence-electron chi connectivity index (χ2n) is 10.6. The Kier molecular flexibility index (Phi) is 13.8. The summed E-state index contributed by atoms with van der Waals surface area (Å²) in [6.07, 6.45) is -0.398. The fraction of sp³-hybridized carbons (Fsp3) is 0.643. The Morgan fingerprint density at radius 2 is 1.45 bits per heavy atom. The van der Waals surface area contributed by atoms with Crippen LogP contribution in [0.2, 0.25) is 0 Å². The first-order valence-electron chi connectivity index (χ1n) is 13.1. The molecule has 0 aromatic heterocycles. The van der Waals surface area contributed by atoms with Crippen molar-refractivity contribution in [2.24, 2.45) is 23.5 Å². The third-order valence-corrected chi connectivity index (χ3v) is 5.78. The molecule has 38 heavy (non-hydrogen) atoms. The van der Waals surface area contributed by atoms with E-state index >= 15 is 0 Å². The summed E-state index contributed by atoms with van der Waals surface area (Å²) in [5.74, 6) is -2.82. The number of esters is 2. The van der Waals surface area contributed by atoms with Crippen LogP contribution in [0.4, 0.5) is 4.79 Å². The average molecular weight is 538 g/mol. The predicted molar refractivity (Wildman–Crippen MR) is 141 cm³/mol. The molecule has 0 aliphatic heterocycles. The second kappa shape index (κ2) is 16.0. The van der Waals surface area contributed by atoms with E-state index in [4.69, 9.17) is 24.7 Å². The molecule has 214 valence electrons. The maximum Gasteiger partial charge on any atom is 0.508 e. The number of aliphatic carboxylic acids is 1. The quantitative estimate of drug-likeness (QED) is 0.229. The summed E-state index contributed by atoms with van der Waals surface area (Å²) in [5.41, 5.74) is 6.43. The zero-order chi connectivity index (χ0) is 29.0. The lowest BCUT2D eigenvalue weighted by Gasteiger charge is -2.25. The number of carbonyl (C=O) groups excluding carboxylic acids is 3. The lowest BCUT2D eigenvalue weighted by atomic mass is 9.87. The molecular weight excluding hydrogens is 494 g/mol. The zero-order valence-corrected chi connectivity index (χ0v) is 23.5. The summed E-state index contributed by atoms with van der Waals surface area (Å²) < 4.78 is 21.4. The van der Waals surface area contributed by atoms with Crippen molar-refractivity contribution in [3.8, 4) is 11.5 Å². The van der Waals surface area contributed by atoms with Gasteiger partial charge in [0.05, 0.1) is 6.61 Å². The van der Waals surface area contributed by atoms with Crippen LogP contribution in [0.3, 0.4) is 0 Å². The summed E-state index contributed by atoms with van der Waals surface area (Å²) in [7, 11) is 0. The Balaban J connectivity index is 3.25. The molecule has 3 N–H and O–H groups in total. The molecule has 0 aliphatic carbocycles. The second-order valence-corrected chi connectivity index (χ2v) is 10.6. The first-order valence-corrected chi connectivity index (χ1v) is 13.1. The molecule has 0 aliphatic rings. The van der Waals surface area contributed by atoms with Crippen LogP contribution in [-0.4, -0.2) is 47.9 Å². The largest absolute Gasteiger partial charge is 0.508 e. The van der Waals surface area contributed by atoms with Gasteiger partial charge in [-0.1, -0.05) is 54.0 Å². The van der Waals surface area contributed by atoms with Crippen molar-refractivity contribution in [2.45, 2.75) is 92.2 Å². The normalized spacial score (nSPS) is 14.4. The highest BCUT2D eigenvalue weighted by molar-refractivity contribution is 5.77. The van der Waals surface area contributed by atoms with Gasteiger partial charge in [0.1, 0.15) is 12.1 Å². The average Bonchev–Trinajstić information content (AvgIpc) is 2.80. The Labute approximate surface area is 225 Å². The molecule has 0 bridgehead atoms. The van der Waals surface area contributed by atoms with Crippen molar-refractivity contribution >= 4 is 24.1 Å². The van der Waals surface area contributed by atoms with Gasteiger partial charge in [-0.05, 0) is 48.8 Å². The van der Waals surface area contributed by atoms with Crippen molar-refractivity contribution in [3.63, 3.8) is 0 Å². The van der Waals surface area contributed by atoms with Crippen LogP contribution in [0.5, 0.6) is 11.5 Å². The minimum atomic E-state index is -1.36. The fourth-order valence-corrected chi connectivity index (χ4v) is 3.51. The third-order valence-electron chi connectivity index (χ3n) is 5.78. The molecule has 0 radical (unpaired) electrons. The Morgan fingerprint density at radius 1 is 0.895 bits per heavy atom. The van der Waals surface area contributed by atoms with E-state index in [-0.39, 0.29) is 55.1 Å². The summed E-state index contributed by atoms with van der Waals surface area (Å²) in [6, 6.07) is 3.08. The topological polar surface area (TPSA) is 151 Å². The van der Waals surface area contributed by atoms with E-state index in [1.807, 2.05) is 41.5 Å². The number of carbonyl (C=O) groups is 4. The summed E-state index contributed by atoms with van der Waals surface area (Å²) in [5, 5.41) is 9.64. The summed E-state index contributed by atoms with van der Waals surface area (Å²) in [4.78, 5) is 48.6. The number of benzene rings is 1. The van der Waals surface area contributed by atoms with Crippen molar-refractivity contribution in [2.75, 3.05) is 6.61 Å². The molecule has 4 atom stereocenters. The summed E-state index contributed by atoms with van der Waals surface area (Å²) >= 11 is 0. The standard InChI is InChI=1S/C28H43NO9/c1-8-18(6)15-35-28(34)36-19(7)13-21(26(29)27(32)33)20-9-10-22(37-24(30)11-16(2)3)23(14-20)38-25(31)12-17(4)5/h9-10,14,16-19,21,26H,8,11-13,15,29H2,1-7H3,(H,32,33)/t18?,19?,21?,26-/m0/s1. The van der Waals surface area contributed by atoms with E-state index in [0.717, 1.165) is 6.42 Å². The van der Waals surface area contributed by atoms with Crippen LogP contribution in [0.25, 0.3) is 0 Å². The van der Waals surface area contributed by atoms with Crippen molar-refractivity contribution in [1.82, 2.24) is 0 Å². The fourth-order valence-electron chi connectivity index (χ4n) is 3.51. The highest BCUT2D eigenvalue weighted by Gasteiger charge is 2.30. The first kappa shape index (κ1) is 32.9. The van der Waals surface area contributed by atoms with Crippen molar-refractivity contribution < 1.29 is 43.2 Å². The van der Waals surface area contributed by atoms with E-state index in [2.05, 4.69) is 0 Å². The zero-order valence-electron chi connectivity index (χ0n) is 23.5. The van der Waals surface area contributed by atoms with Crippen LogP contribution in [0, 0.1) is 17.8 Å². The van der Waals surface area contributed by atoms with E-state index < -0.39 is 42.1 Å². The number of hydrogen-bond donors (Lipinski definition) is 2. The number of carboxylic acids is 1. The predicted octanol–water partition coefficient (Wildman–Crippen LogP) is 5.06. The number of rotatable bonds is 15. The Hall–Kier alpha value is -3.14. The molecule has 0 amide bonds. The van der Waals surface area contributed by atoms with Crippen LogP contribution in [0.1, 0.15) is 85.6 Å². The molecule has 0 fully saturated rings. The maximum atomic E-state index is 12.4. The van der Waals surface area contributed by atoms with Crippen LogP contribution >= 0.6 is 0 Å². The lowest BCUT2D eigenvalue weighted by molar-refractivity contribution is -0.139. The molecule has 1 rings (SSSR count). The number of nitrogens with two attached hydrogens (primary N) is 1. The van der Waals surface area contributed by atoms with Gasteiger partial charge in [0, 0.05) is 18.8 Å². The van der Waals surface area contributed by atoms with Crippen LogP contribution in [0.15, 0.2) is 18.2 Å². The molecule has 0 saturated heterocycles. The van der Waals surface area contributed by atoms with Crippen LogP contribution < -0.4 is 15.2 Å². The van der Waals surface area contributed by atoms with E-state index in [9.17, 15) is 24.3 Å². The Bertz CT molecular complexity index is 944. The Morgan fingerprint density at radius 3 is 1.95 bits per heavy atom. The summed E-state index contributed by atoms with van der Waals surface area (Å²) in [6.45, 7) is 13.2. The van der Waals surface area contributed by atoms with Gasteiger partial charge in [-0.25, -0.2) is 4.79 Å². The maximum absolute atomic E-state index is 12.4. The number of ether oxygens (including phenoxy) is 4. The number of hydrogen-bond acceptors (Lipinski definition) is 9. The molecule has 0 spiro atoms. The molecule has 0 heterocycles. The van der Waals surface area contributed by atoms with Crippen LogP contribution in [-0.2, 0) is 23.9 Å². The van der Waals surface area contributed by atoms with Gasteiger partial charge in [0.15, 0.2) is 11.5 Å². The number of carboxylic acid groups (broad SMARTS) is 1. The van der Waals surface area contributed by atoms with Gasteiger partial charge in [0.2, 0.25) is 0 Å². The molecule has 1 aromatic rings. The van der Waals surface area contributed by atoms with Gasteiger partial charge in [0.25, 0.3) is 0 Å². The molecule has 3 unspecified atom stereocenters. The van der Waals surface area contributed by atoms with Gasteiger partial charge in [-0.15, -0.1) is 0 Å². The monoisotopic (exact) mass is 537 g/mol. The smallest absolute Gasteiger partial charge is 0.480 e. The highest BCUT2D eigenvalue weighted by Crippen LogP contribution is 2.35. The van der Waals surface area contributed by atoms with Crippen molar-refractivity contribution in [3.05, 3.63) is 23.8 Å². The van der Waals surface area contributed by atoms with E-state index in [1.165, 1.54) is 12.1 Å². The van der Waals surface area contributed by atoms with Gasteiger partial charge >= 0.3 is 24.1 Å². The van der Waals surface area contributed by atoms with E-state index in [1.54, 1.807) is 13.0 Å². The highest BCUT2D eigenvalue weighted by atomic mass is 16.7. The van der Waals surface area contributed by atoms with Gasteiger partial charge < -0.3 is 29.8 Å². The minimum absolute atomic E-state index is 0.0191. The van der Waals surface area contributed by atoms with Crippen molar-refractivity contribution in [1.29, 1.82) is 0 Å². The first-order chi connectivity index (χ1) is 17.7. The minimum Gasteiger partial charge on any atom is -0.480 e. The molecule has 0 saturated carbocycles. The van der Waals surface area contributed by atoms with Gasteiger partial charge in [-0.3, -0.25) is 14.4 Å².